The van der Waals surface area contributed by atoms with E-state index in [1.807, 2.05) is 0 Å². The highest BCUT2D eigenvalue weighted by molar-refractivity contribution is 7.92. The van der Waals surface area contributed by atoms with Gasteiger partial charge < -0.3 is 10.1 Å². The van der Waals surface area contributed by atoms with Gasteiger partial charge in [-0.2, -0.15) is 0 Å². The molecule has 0 unspecified atom stereocenters. The zero-order chi connectivity index (χ0) is 19.6. The quantitative estimate of drug-likeness (QED) is 0.766. The van der Waals surface area contributed by atoms with Crippen LogP contribution >= 0.6 is 0 Å². The highest BCUT2D eigenvalue weighted by Gasteiger charge is 2.36. The van der Waals surface area contributed by atoms with Crippen LogP contribution in [0.2, 0.25) is 0 Å². The minimum atomic E-state index is -3.82. The number of rotatable bonds is 6. The van der Waals surface area contributed by atoms with Crippen molar-refractivity contribution in [2.75, 3.05) is 24.6 Å². The predicted octanol–water partition coefficient (Wildman–Crippen LogP) is 2.34. The van der Waals surface area contributed by atoms with Crippen LogP contribution in [0, 0.1) is 5.82 Å². The molecule has 6 nitrogen and oxygen atoms in total. The summed E-state index contributed by atoms with van der Waals surface area (Å²) in [4.78, 5) is 12.2. The molecule has 1 aliphatic heterocycles. The van der Waals surface area contributed by atoms with Crippen LogP contribution < -0.4 is 9.62 Å². The first-order chi connectivity index (χ1) is 12.8. The van der Waals surface area contributed by atoms with Crippen LogP contribution in [0.25, 0.3) is 0 Å². The number of halogens is 1. The maximum Gasteiger partial charge on any atom is 0.264 e. The zero-order valence-electron chi connectivity index (χ0n) is 15.1. The van der Waals surface area contributed by atoms with Gasteiger partial charge in [0.25, 0.3) is 15.9 Å². The highest BCUT2D eigenvalue weighted by atomic mass is 32.2. The van der Waals surface area contributed by atoms with Gasteiger partial charge in [-0.1, -0.05) is 0 Å². The number of hydrogen-bond acceptors (Lipinski definition) is 4. The molecule has 1 N–H and O–H groups in total. The van der Waals surface area contributed by atoms with Crippen molar-refractivity contribution in [1.29, 1.82) is 0 Å². The molecule has 0 saturated carbocycles. The lowest BCUT2D eigenvalue weighted by Gasteiger charge is -2.24. The Balaban J connectivity index is 1.89. The minimum absolute atomic E-state index is 0.0324. The monoisotopic (exact) mass is 392 g/mol. The van der Waals surface area contributed by atoms with Crippen LogP contribution in [0.15, 0.2) is 47.4 Å². The fraction of sp³-hybridized carbons (Fsp3) is 0.316. The summed E-state index contributed by atoms with van der Waals surface area (Å²) in [6.45, 7) is 2.62. The number of benzene rings is 2. The molecular formula is C19H21FN2O4S. The molecule has 0 spiro atoms. The molecule has 0 saturated heterocycles. The second-order valence-corrected chi connectivity index (χ2v) is 8.22. The van der Waals surface area contributed by atoms with Crippen molar-refractivity contribution in [3.8, 4) is 0 Å². The van der Waals surface area contributed by atoms with Crippen LogP contribution in [0.1, 0.15) is 22.8 Å². The third kappa shape index (κ3) is 3.81. The summed E-state index contributed by atoms with van der Waals surface area (Å²) in [6.07, 6.45) is 0.495. The van der Waals surface area contributed by atoms with E-state index < -0.39 is 15.8 Å². The summed E-state index contributed by atoms with van der Waals surface area (Å²) in [6, 6.07) is 9.43. The summed E-state index contributed by atoms with van der Waals surface area (Å²) in [7, 11) is -2.26. The summed E-state index contributed by atoms with van der Waals surface area (Å²) in [5.74, 6) is -0.727. The first-order valence-corrected chi connectivity index (χ1v) is 9.98. The van der Waals surface area contributed by atoms with E-state index in [0.717, 1.165) is 17.7 Å². The minimum Gasteiger partial charge on any atom is -0.383 e. The average molecular weight is 392 g/mol. The van der Waals surface area contributed by atoms with Gasteiger partial charge in [-0.3, -0.25) is 9.10 Å². The summed E-state index contributed by atoms with van der Waals surface area (Å²) >= 11 is 0. The SMILES string of the molecule is COCCNC(=O)c1ccc2c(c1)C[C@H](C)N2S(=O)(=O)c1ccc(F)cc1. The lowest BCUT2D eigenvalue weighted by atomic mass is 10.1. The van der Waals surface area contributed by atoms with Gasteiger partial charge in [0.15, 0.2) is 0 Å². The van der Waals surface area contributed by atoms with Gasteiger partial charge in [0.05, 0.1) is 17.2 Å². The Morgan fingerprint density at radius 2 is 1.96 bits per heavy atom. The average Bonchev–Trinajstić information content (AvgIpc) is 2.97. The molecule has 144 valence electrons. The predicted molar refractivity (Wildman–Crippen MR) is 99.9 cm³/mol. The second-order valence-electron chi connectivity index (χ2n) is 6.40. The van der Waals surface area contributed by atoms with E-state index in [4.69, 9.17) is 4.74 Å². The largest absolute Gasteiger partial charge is 0.383 e. The number of anilines is 1. The molecular weight excluding hydrogens is 371 g/mol. The molecule has 1 heterocycles. The first kappa shape index (κ1) is 19.3. The van der Waals surface area contributed by atoms with Crippen LogP contribution in [0.3, 0.4) is 0 Å². The maximum absolute atomic E-state index is 13.1. The number of hydrogen-bond donors (Lipinski definition) is 1. The Bertz CT molecular complexity index is 945. The van der Waals surface area contributed by atoms with E-state index >= 15 is 0 Å². The highest BCUT2D eigenvalue weighted by Crippen LogP contribution is 2.37. The van der Waals surface area contributed by atoms with Gasteiger partial charge in [-0.05, 0) is 61.4 Å². The van der Waals surface area contributed by atoms with Gasteiger partial charge in [0.2, 0.25) is 0 Å². The normalized spacial score (nSPS) is 16.3. The summed E-state index contributed by atoms with van der Waals surface area (Å²) in [5.41, 5.74) is 1.80. The van der Waals surface area contributed by atoms with E-state index in [1.54, 1.807) is 32.2 Å². The Kier molecular flexibility index (Phi) is 5.48. The Morgan fingerprint density at radius 3 is 2.63 bits per heavy atom. The lowest BCUT2D eigenvalue weighted by molar-refractivity contribution is 0.0937. The van der Waals surface area contributed by atoms with Crippen molar-refractivity contribution < 1.29 is 22.3 Å². The number of carbonyl (C=O) groups excluding carboxylic acids is 1. The first-order valence-electron chi connectivity index (χ1n) is 8.54. The van der Waals surface area contributed by atoms with Crippen LogP contribution in [-0.2, 0) is 21.2 Å². The number of nitrogens with zero attached hydrogens (tertiary/aromatic N) is 1. The number of fused-ring (bicyclic) bond motifs is 1. The fourth-order valence-electron chi connectivity index (χ4n) is 3.20. The molecule has 0 fully saturated rings. The molecule has 1 aliphatic rings. The Morgan fingerprint density at radius 1 is 1.26 bits per heavy atom. The van der Waals surface area contributed by atoms with Crippen molar-refractivity contribution >= 4 is 21.6 Å². The van der Waals surface area contributed by atoms with Crippen molar-refractivity contribution in [2.24, 2.45) is 0 Å². The molecule has 8 heteroatoms. The molecule has 0 aromatic heterocycles. The number of nitrogens with one attached hydrogen (secondary N) is 1. The van der Waals surface area contributed by atoms with Crippen molar-refractivity contribution in [1.82, 2.24) is 5.32 Å². The Labute approximate surface area is 158 Å². The van der Waals surface area contributed by atoms with Gasteiger partial charge in [0.1, 0.15) is 5.82 Å². The number of carbonyl (C=O) groups is 1. The summed E-state index contributed by atoms with van der Waals surface area (Å²) in [5, 5.41) is 2.74. The van der Waals surface area contributed by atoms with Crippen LogP contribution in [0.4, 0.5) is 10.1 Å². The molecule has 1 atom stereocenters. The van der Waals surface area contributed by atoms with E-state index in [9.17, 15) is 17.6 Å². The number of ether oxygens (including phenoxy) is 1. The van der Waals surface area contributed by atoms with Crippen LogP contribution in [0.5, 0.6) is 0 Å². The van der Waals surface area contributed by atoms with Gasteiger partial charge in [-0.15, -0.1) is 0 Å². The van der Waals surface area contributed by atoms with Gasteiger partial charge in [-0.25, -0.2) is 12.8 Å². The topological polar surface area (TPSA) is 75.7 Å². The molecule has 2 aromatic rings. The van der Waals surface area contributed by atoms with Gasteiger partial charge in [0, 0.05) is 25.3 Å². The van der Waals surface area contributed by atoms with Crippen molar-refractivity contribution in [3.05, 3.63) is 59.4 Å². The molecule has 0 radical (unpaired) electrons. The molecule has 0 aliphatic carbocycles. The molecule has 1 amide bonds. The van der Waals surface area contributed by atoms with Crippen molar-refractivity contribution in [2.45, 2.75) is 24.3 Å². The molecule has 3 rings (SSSR count). The third-order valence-corrected chi connectivity index (χ3v) is 6.40. The maximum atomic E-state index is 13.1. The van der Waals surface area contributed by atoms with Crippen LogP contribution in [-0.4, -0.2) is 40.6 Å². The number of amides is 1. The number of methoxy groups -OCH3 is 1. The van der Waals surface area contributed by atoms with Gasteiger partial charge >= 0.3 is 0 Å². The fourth-order valence-corrected chi connectivity index (χ4v) is 4.89. The second kappa shape index (κ2) is 7.66. The molecule has 2 aromatic carbocycles. The zero-order valence-corrected chi connectivity index (χ0v) is 15.9. The standard InChI is InChI=1S/C19H21FN2O4S/c1-13-11-15-12-14(19(23)21-9-10-26-2)3-8-18(15)22(13)27(24,25)17-6-4-16(20)5-7-17/h3-8,12-13H,9-11H2,1-2H3,(H,21,23)/t13-/m0/s1. The number of sulfonamides is 1. The third-order valence-electron chi connectivity index (χ3n) is 4.46. The smallest absolute Gasteiger partial charge is 0.264 e. The van der Waals surface area contributed by atoms with Crippen molar-refractivity contribution in [3.63, 3.8) is 0 Å². The Hall–Kier alpha value is -2.45. The van der Waals surface area contributed by atoms with E-state index in [-0.39, 0.29) is 16.8 Å². The van der Waals surface area contributed by atoms with E-state index in [0.29, 0.717) is 30.8 Å². The van der Waals surface area contributed by atoms with E-state index in [2.05, 4.69) is 5.32 Å². The summed E-state index contributed by atoms with van der Waals surface area (Å²) < 4.78 is 45.4. The molecule has 0 bridgehead atoms. The van der Waals surface area contributed by atoms with E-state index in [1.165, 1.54) is 16.4 Å². The lowest BCUT2D eigenvalue weighted by Crippen LogP contribution is -2.35. The molecule has 27 heavy (non-hydrogen) atoms.